The SMILES string of the molecule is CC(C)NS(=O)(=O)c1ccc(NC(=O)[C@H](C)OC(=O)[C@@H]2CCCO2)cc1. The lowest BCUT2D eigenvalue weighted by Gasteiger charge is -2.16. The molecule has 1 aliphatic rings. The van der Waals surface area contributed by atoms with E-state index in [1.807, 2.05) is 0 Å². The minimum absolute atomic E-state index is 0.0991. The van der Waals surface area contributed by atoms with Gasteiger partial charge < -0.3 is 14.8 Å². The fourth-order valence-corrected chi connectivity index (χ4v) is 3.66. The van der Waals surface area contributed by atoms with E-state index in [1.54, 1.807) is 13.8 Å². The minimum Gasteiger partial charge on any atom is -0.451 e. The highest BCUT2D eigenvalue weighted by molar-refractivity contribution is 7.89. The highest BCUT2D eigenvalue weighted by atomic mass is 32.2. The molecule has 0 aromatic heterocycles. The molecule has 144 valence electrons. The monoisotopic (exact) mass is 384 g/mol. The summed E-state index contributed by atoms with van der Waals surface area (Å²) >= 11 is 0. The summed E-state index contributed by atoms with van der Waals surface area (Å²) in [5.41, 5.74) is 0.401. The summed E-state index contributed by atoms with van der Waals surface area (Å²) in [5, 5.41) is 2.58. The molecular weight excluding hydrogens is 360 g/mol. The van der Waals surface area contributed by atoms with Crippen LogP contribution in [0.5, 0.6) is 0 Å². The average molecular weight is 384 g/mol. The lowest BCUT2D eigenvalue weighted by molar-refractivity contribution is -0.162. The number of benzene rings is 1. The maximum absolute atomic E-state index is 12.1. The number of ether oxygens (including phenoxy) is 2. The second kappa shape index (κ2) is 8.61. The molecule has 2 N–H and O–H groups in total. The molecule has 8 nitrogen and oxygen atoms in total. The molecule has 1 aromatic carbocycles. The number of carbonyl (C=O) groups is 2. The van der Waals surface area contributed by atoms with Crippen molar-refractivity contribution in [2.24, 2.45) is 0 Å². The normalized spacial score (nSPS) is 18.5. The second-order valence-corrected chi connectivity index (χ2v) is 8.08. The van der Waals surface area contributed by atoms with Gasteiger partial charge in [0, 0.05) is 18.3 Å². The Morgan fingerprint density at radius 2 is 1.85 bits per heavy atom. The minimum atomic E-state index is -3.59. The Morgan fingerprint density at radius 3 is 2.38 bits per heavy atom. The third-order valence-corrected chi connectivity index (χ3v) is 5.35. The van der Waals surface area contributed by atoms with Gasteiger partial charge in [-0.15, -0.1) is 0 Å². The van der Waals surface area contributed by atoms with Gasteiger partial charge in [0.05, 0.1) is 4.90 Å². The topological polar surface area (TPSA) is 111 Å². The first kappa shape index (κ1) is 20.3. The smallest absolute Gasteiger partial charge is 0.336 e. The molecule has 2 atom stereocenters. The van der Waals surface area contributed by atoms with Crippen LogP contribution in [0.2, 0.25) is 0 Å². The van der Waals surface area contributed by atoms with Crippen LogP contribution in [0.1, 0.15) is 33.6 Å². The van der Waals surface area contributed by atoms with Crippen molar-refractivity contribution in [3.05, 3.63) is 24.3 Å². The van der Waals surface area contributed by atoms with Crippen molar-refractivity contribution < 1.29 is 27.5 Å². The molecule has 1 fully saturated rings. The van der Waals surface area contributed by atoms with Crippen molar-refractivity contribution >= 4 is 27.6 Å². The summed E-state index contributed by atoms with van der Waals surface area (Å²) < 4.78 is 36.9. The molecule has 2 rings (SSSR count). The first-order valence-corrected chi connectivity index (χ1v) is 9.92. The van der Waals surface area contributed by atoms with Gasteiger partial charge in [0.25, 0.3) is 5.91 Å². The van der Waals surface area contributed by atoms with E-state index < -0.39 is 34.1 Å². The van der Waals surface area contributed by atoms with Crippen LogP contribution in [0.4, 0.5) is 5.69 Å². The van der Waals surface area contributed by atoms with E-state index in [0.717, 1.165) is 6.42 Å². The first-order chi connectivity index (χ1) is 12.2. The van der Waals surface area contributed by atoms with Gasteiger partial charge in [-0.05, 0) is 57.9 Å². The van der Waals surface area contributed by atoms with Gasteiger partial charge in [0.2, 0.25) is 10.0 Å². The third kappa shape index (κ3) is 5.52. The van der Waals surface area contributed by atoms with Crippen molar-refractivity contribution in [3.63, 3.8) is 0 Å². The Hall–Kier alpha value is -1.97. The molecule has 0 radical (unpaired) electrons. The Bertz CT molecular complexity index is 739. The quantitative estimate of drug-likeness (QED) is 0.688. The van der Waals surface area contributed by atoms with Crippen LogP contribution in [0.15, 0.2) is 29.2 Å². The summed E-state index contributed by atoms with van der Waals surface area (Å²) in [5.74, 6) is -1.06. The van der Waals surface area contributed by atoms with Crippen molar-refractivity contribution in [1.29, 1.82) is 0 Å². The molecule has 1 heterocycles. The third-order valence-electron chi connectivity index (χ3n) is 3.68. The van der Waals surface area contributed by atoms with Crippen LogP contribution >= 0.6 is 0 Å². The van der Waals surface area contributed by atoms with Crippen molar-refractivity contribution in [1.82, 2.24) is 4.72 Å². The zero-order valence-corrected chi connectivity index (χ0v) is 15.8. The number of sulfonamides is 1. The molecule has 0 saturated carbocycles. The number of esters is 1. The van der Waals surface area contributed by atoms with Gasteiger partial charge in [0.15, 0.2) is 12.2 Å². The van der Waals surface area contributed by atoms with Gasteiger partial charge in [-0.25, -0.2) is 17.9 Å². The molecule has 1 aliphatic heterocycles. The average Bonchev–Trinajstić information content (AvgIpc) is 3.08. The van der Waals surface area contributed by atoms with E-state index in [2.05, 4.69) is 10.0 Å². The molecule has 0 spiro atoms. The largest absolute Gasteiger partial charge is 0.451 e. The Balaban J connectivity index is 1.93. The fourth-order valence-electron chi connectivity index (χ4n) is 2.41. The predicted octanol–water partition coefficient (Wildman–Crippen LogP) is 1.42. The first-order valence-electron chi connectivity index (χ1n) is 8.44. The lowest BCUT2D eigenvalue weighted by atomic mass is 10.2. The van der Waals surface area contributed by atoms with E-state index in [1.165, 1.54) is 31.2 Å². The zero-order valence-electron chi connectivity index (χ0n) is 15.0. The number of amides is 1. The maximum atomic E-state index is 12.1. The lowest BCUT2D eigenvalue weighted by Crippen LogP contribution is -2.34. The van der Waals surface area contributed by atoms with Crippen LogP contribution in [0, 0.1) is 0 Å². The summed E-state index contributed by atoms with van der Waals surface area (Å²) in [6, 6.07) is 5.51. The van der Waals surface area contributed by atoms with Crippen LogP contribution in [-0.2, 0) is 29.1 Å². The van der Waals surface area contributed by atoms with Gasteiger partial charge in [-0.2, -0.15) is 0 Å². The van der Waals surface area contributed by atoms with E-state index in [9.17, 15) is 18.0 Å². The fraction of sp³-hybridized carbons (Fsp3) is 0.529. The van der Waals surface area contributed by atoms with Gasteiger partial charge >= 0.3 is 5.97 Å². The number of rotatable bonds is 7. The zero-order chi connectivity index (χ0) is 19.3. The molecule has 1 amide bonds. The van der Waals surface area contributed by atoms with E-state index >= 15 is 0 Å². The van der Waals surface area contributed by atoms with Crippen molar-refractivity contribution in [3.8, 4) is 0 Å². The van der Waals surface area contributed by atoms with Crippen LogP contribution in [-0.4, -0.2) is 45.2 Å². The van der Waals surface area contributed by atoms with Crippen LogP contribution < -0.4 is 10.0 Å². The van der Waals surface area contributed by atoms with Crippen LogP contribution in [0.25, 0.3) is 0 Å². The number of hydrogen-bond donors (Lipinski definition) is 2. The highest BCUT2D eigenvalue weighted by Crippen LogP contribution is 2.16. The van der Waals surface area contributed by atoms with Crippen molar-refractivity contribution in [2.75, 3.05) is 11.9 Å². The van der Waals surface area contributed by atoms with Crippen molar-refractivity contribution in [2.45, 2.75) is 56.8 Å². The predicted molar refractivity (Wildman–Crippen MR) is 95.1 cm³/mol. The second-order valence-electron chi connectivity index (χ2n) is 6.37. The number of anilines is 1. The Kier molecular flexibility index (Phi) is 6.74. The molecule has 1 saturated heterocycles. The number of carbonyl (C=O) groups excluding carboxylic acids is 2. The molecule has 0 unspecified atom stereocenters. The standard InChI is InChI=1S/C17H24N2O6S/c1-11(2)19-26(22,23)14-8-6-13(7-9-14)18-16(20)12(3)25-17(21)15-5-4-10-24-15/h6-9,11-12,15,19H,4-5,10H2,1-3H3,(H,18,20)/t12-,15-/m0/s1. The molecule has 9 heteroatoms. The highest BCUT2D eigenvalue weighted by Gasteiger charge is 2.28. The summed E-state index contributed by atoms with van der Waals surface area (Å²) in [6.07, 6.45) is -0.213. The Labute approximate surface area is 153 Å². The maximum Gasteiger partial charge on any atom is 0.336 e. The summed E-state index contributed by atoms with van der Waals surface area (Å²) in [6.45, 7) is 5.44. The molecule has 0 aliphatic carbocycles. The molecule has 1 aromatic rings. The van der Waals surface area contributed by atoms with E-state index in [0.29, 0.717) is 18.7 Å². The summed E-state index contributed by atoms with van der Waals surface area (Å²) in [4.78, 5) is 24.1. The summed E-state index contributed by atoms with van der Waals surface area (Å²) in [7, 11) is -3.59. The number of hydrogen-bond acceptors (Lipinski definition) is 6. The van der Waals surface area contributed by atoms with Gasteiger partial charge in [0.1, 0.15) is 0 Å². The number of nitrogens with one attached hydrogen (secondary N) is 2. The molecular formula is C17H24N2O6S. The Morgan fingerprint density at radius 1 is 1.19 bits per heavy atom. The van der Waals surface area contributed by atoms with Crippen LogP contribution in [0.3, 0.4) is 0 Å². The van der Waals surface area contributed by atoms with Gasteiger partial charge in [-0.1, -0.05) is 0 Å². The van der Waals surface area contributed by atoms with E-state index in [-0.39, 0.29) is 10.9 Å². The molecule has 0 bridgehead atoms. The van der Waals surface area contributed by atoms with Gasteiger partial charge in [-0.3, -0.25) is 4.79 Å². The van der Waals surface area contributed by atoms with E-state index in [4.69, 9.17) is 9.47 Å². The molecule has 26 heavy (non-hydrogen) atoms.